The maximum atomic E-state index is 6.24. The minimum absolute atomic E-state index is 0.109. The summed E-state index contributed by atoms with van der Waals surface area (Å²) in [6.45, 7) is 10.9. The van der Waals surface area contributed by atoms with Gasteiger partial charge in [0, 0.05) is 0 Å². The Hall–Kier alpha value is 0.255. The third-order valence-corrected chi connectivity index (χ3v) is 10.8. The molecule has 0 bridgehead atoms. The van der Waals surface area contributed by atoms with Gasteiger partial charge in [-0.15, -0.1) is 0 Å². The van der Waals surface area contributed by atoms with Crippen LogP contribution in [0.5, 0.6) is 0 Å². The molecule has 0 amide bonds. The van der Waals surface area contributed by atoms with Gasteiger partial charge in [-0.3, -0.25) is 0 Å². The Labute approximate surface area is 210 Å². The van der Waals surface area contributed by atoms with Crippen molar-refractivity contribution in [3.63, 3.8) is 0 Å². The van der Waals surface area contributed by atoms with Crippen molar-refractivity contribution in [1.29, 1.82) is 0 Å². The summed E-state index contributed by atoms with van der Waals surface area (Å²) in [7, 11) is -0.109. The Bertz CT molecular complexity index is 594. The molecule has 1 aromatic heterocycles. The first-order valence-electron chi connectivity index (χ1n) is 13.8. The molecule has 0 aliphatic carbocycles. The summed E-state index contributed by atoms with van der Waals surface area (Å²) in [4.78, 5) is 0. The Morgan fingerprint density at radius 2 is 1.03 bits per heavy atom. The fourth-order valence-electron chi connectivity index (χ4n) is 4.46. The van der Waals surface area contributed by atoms with Crippen molar-refractivity contribution >= 4 is 31.0 Å². The van der Waals surface area contributed by atoms with E-state index in [1.807, 2.05) is 0 Å². The predicted molar refractivity (Wildman–Crippen MR) is 142 cm³/mol. The molecule has 4 heteroatoms. The van der Waals surface area contributed by atoms with E-state index >= 15 is 0 Å². The van der Waals surface area contributed by atoms with Gasteiger partial charge in [0.25, 0.3) is 0 Å². The second kappa shape index (κ2) is 15.3. The van der Waals surface area contributed by atoms with Gasteiger partial charge in [-0.2, -0.15) is 0 Å². The molecule has 0 aromatic carbocycles. The molecule has 1 fully saturated rings. The minimum atomic E-state index is -0.260. The first-order valence-corrected chi connectivity index (χ1v) is 16.1. The Morgan fingerprint density at radius 1 is 0.625 bits per heavy atom. The van der Waals surface area contributed by atoms with Gasteiger partial charge >= 0.3 is 166 Å². The van der Waals surface area contributed by atoms with Gasteiger partial charge in [0.15, 0.2) is 0 Å². The summed E-state index contributed by atoms with van der Waals surface area (Å²) in [5.74, 6) is 0. The van der Waals surface area contributed by atoms with E-state index in [1.54, 1.807) is 3.58 Å². The van der Waals surface area contributed by atoms with Crippen molar-refractivity contribution in [1.82, 2.24) is 0 Å². The zero-order chi connectivity index (χ0) is 23.3. The summed E-state index contributed by atoms with van der Waals surface area (Å²) in [5, 5.41) is 0. The molecule has 2 nitrogen and oxygen atoms in total. The van der Waals surface area contributed by atoms with E-state index in [4.69, 9.17) is 9.31 Å². The molecule has 1 saturated heterocycles. The summed E-state index contributed by atoms with van der Waals surface area (Å²) >= 11 is -0.260. The average molecular weight is 558 g/mol. The van der Waals surface area contributed by atoms with Gasteiger partial charge in [-0.25, -0.2) is 0 Å². The fourth-order valence-corrected chi connectivity index (χ4v) is 7.36. The molecule has 184 valence electrons. The normalized spacial score (nSPS) is 17.3. The van der Waals surface area contributed by atoms with E-state index in [0.717, 1.165) is 0 Å². The first kappa shape index (κ1) is 28.5. The predicted octanol–water partition coefficient (Wildman–Crippen LogP) is 7.85. The van der Waals surface area contributed by atoms with Crippen LogP contribution in [0.25, 0.3) is 0 Å². The summed E-state index contributed by atoms with van der Waals surface area (Å²) in [5.41, 5.74) is -0.440. The average Bonchev–Trinajstić information content (AvgIpc) is 3.29. The molecule has 0 unspecified atom stereocenters. The van der Waals surface area contributed by atoms with Gasteiger partial charge in [0.1, 0.15) is 0 Å². The number of rotatable bonds is 18. The third-order valence-electron chi connectivity index (χ3n) is 7.44. The SMILES string of the molecule is CCCCCCCCCCCCCCCCCCc1ccc(B2OC(C)(C)C(C)(C)O2)[te]1. The van der Waals surface area contributed by atoms with E-state index < -0.39 is 0 Å². The van der Waals surface area contributed by atoms with E-state index in [0.29, 0.717) is 0 Å². The van der Waals surface area contributed by atoms with Gasteiger partial charge in [0.05, 0.1) is 0 Å². The van der Waals surface area contributed by atoms with Gasteiger partial charge in [-0.1, -0.05) is 45.4 Å². The van der Waals surface area contributed by atoms with Crippen molar-refractivity contribution in [3.05, 3.63) is 15.7 Å². The number of aryl methyl sites for hydroxylation is 1. The molecule has 1 aromatic rings. The van der Waals surface area contributed by atoms with Crippen molar-refractivity contribution in [2.24, 2.45) is 0 Å². The Balaban J connectivity index is 1.41. The summed E-state index contributed by atoms with van der Waals surface area (Å²) in [6.07, 6.45) is 24.3. The Kier molecular flexibility index (Phi) is 13.6. The summed E-state index contributed by atoms with van der Waals surface area (Å²) in [6, 6.07) is 4.67. The monoisotopic (exact) mass is 560 g/mol. The van der Waals surface area contributed by atoms with Crippen LogP contribution in [0, 0.1) is 0 Å². The van der Waals surface area contributed by atoms with E-state index in [2.05, 4.69) is 46.8 Å². The van der Waals surface area contributed by atoms with Crippen LogP contribution in [0.1, 0.15) is 141 Å². The van der Waals surface area contributed by atoms with Crippen LogP contribution in [0.2, 0.25) is 0 Å². The maximum absolute atomic E-state index is 6.24. The Morgan fingerprint density at radius 3 is 1.47 bits per heavy atom. The molecule has 32 heavy (non-hydrogen) atoms. The molecule has 0 radical (unpaired) electrons. The van der Waals surface area contributed by atoms with Crippen LogP contribution in [0.3, 0.4) is 0 Å². The number of unbranched alkanes of at least 4 members (excludes halogenated alkanes) is 15. The molecule has 0 saturated carbocycles. The van der Waals surface area contributed by atoms with Crippen molar-refractivity contribution < 1.29 is 9.31 Å². The molecule has 1 aliphatic heterocycles. The molecule has 2 rings (SSSR count). The van der Waals surface area contributed by atoms with E-state index in [9.17, 15) is 0 Å². The van der Waals surface area contributed by atoms with Crippen LogP contribution in [0.4, 0.5) is 0 Å². The molecule has 0 spiro atoms. The van der Waals surface area contributed by atoms with Gasteiger partial charge in [0.2, 0.25) is 0 Å². The van der Waals surface area contributed by atoms with Crippen LogP contribution in [-0.4, -0.2) is 38.8 Å². The molecular weight excluding hydrogens is 507 g/mol. The van der Waals surface area contributed by atoms with Crippen molar-refractivity contribution in [2.75, 3.05) is 0 Å². The van der Waals surface area contributed by atoms with Crippen LogP contribution in [0.15, 0.2) is 12.1 Å². The van der Waals surface area contributed by atoms with Crippen LogP contribution < -0.4 is 3.48 Å². The molecule has 0 atom stereocenters. The molecule has 2 heterocycles. The molecule has 1 aliphatic rings. The van der Waals surface area contributed by atoms with Crippen LogP contribution >= 0.6 is 0 Å². The zero-order valence-corrected chi connectivity index (χ0v) is 24.3. The topological polar surface area (TPSA) is 18.5 Å². The fraction of sp³-hybridized carbons (Fsp3) is 0.857. The van der Waals surface area contributed by atoms with Crippen molar-refractivity contribution in [3.8, 4) is 0 Å². The van der Waals surface area contributed by atoms with E-state index in [-0.39, 0.29) is 38.8 Å². The molecular formula is C28H51BO2Te. The third kappa shape index (κ3) is 10.3. The van der Waals surface area contributed by atoms with Crippen LogP contribution in [-0.2, 0) is 15.7 Å². The summed E-state index contributed by atoms with van der Waals surface area (Å²) < 4.78 is 15.6. The van der Waals surface area contributed by atoms with Gasteiger partial charge in [-0.05, 0) is 0 Å². The first-order chi connectivity index (χ1) is 15.4. The number of hydrogen-bond acceptors (Lipinski definition) is 2. The van der Waals surface area contributed by atoms with Crippen molar-refractivity contribution in [2.45, 2.75) is 155 Å². The second-order valence-electron chi connectivity index (χ2n) is 10.9. The quantitative estimate of drug-likeness (QED) is 0.135. The zero-order valence-electron chi connectivity index (χ0n) is 22.0. The molecule has 0 N–H and O–H groups in total. The van der Waals surface area contributed by atoms with E-state index in [1.165, 1.54) is 113 Å². The van der Waals surface area contributed by atoms with Gasteiger partial charge < -0.3 is 0 Å². The standard InChI is InChI=1S/C28H51BO2Te/c1-6-7-8-9-10-11-12-13-14-15-16-17-18-19-20-21-22-25-23-24-26(32-25)29-30-27(2,3)28(4,5)31-29/h23-24H,6-22H2,1-5H3. The second-order valence-corrected chi connectivity index (χ2v) is 14.4. The number of hydrogen-bond donors (Lipinski definition) is 0.